The summed E-state index contributed by atoms with van der Waals surface area (Å²) in [6.07, 6.45) is 1.29. The molecule has 0 bridgehead atoms. The minimum Gasteiger partial charge on any atom is -0.459 e. The van der Waals surface area contributed by atoms with Crippen LogP contribution in [0.1, 0.15) is 37.9 Å². The third kappa shape index (κ3) is 5.36. The monoisotopic (exact) mass is 518 g/mol. The van der Waals surface area contributed by atoms with Crippen molar-refractivity contribution < 1.29 is 23.0 Å². The Hall–Kier alpha value is -3.30. The lowest BCUT2D eigenvalue weighted by atomic mass is 9.96. The summed E-state index contributed by atoms with van der Waals surface area (Å²) in [7, 11) is 0. The predicted molar refractivity (Wildman–Crippen MR) is 130 cm³/mol. The van der Waals surface area contributed by atoms with Gasteiger partial charge in [-0.15, -0.1) is 0 Å². The zero-order valence-electron chi connectivity index (χ0n) is 19.0. The highest BCUT2D eigenvalue weighted by Gasteiger charge is 2.33. The normalized spacial score (nSPS) is 15.9. The molecule has 0 fully saturated rings. The Labute approximate surface area is 208 Å². The highest BCUT2D eigenvalue weighted by Crippen LogP contribution is 2.31. The van der Waals surface area contributed by atoms with Gasteiger partial charge in [0, 0.05) is 5.02 Å². The van der Waals surface area contributed by atoms with Crippen LogP contribution in [0.25, 0.3) is 6.08 Å². The van der Waals surface area contributed by atoms with Gasteiger partial charge in [0.15, 0.2) is 4.80 Å². The molecule has 0 spiro atoms. The maximum atomic E-state index is 13.5. The van der Waals surface area contributed by atoms with Crippen molar-refractivity contribution in [3.8, 4) is 5.75 Å². The number of carbonyl (C=O) groups excluding carboxylic acids is 1. The molecule has 3 aromatic rings. The highest BCUT2D eigenvalue weighted by atomic mass is 35.5. The summed E-state index contributed by atoms with van der Waals surface area (Å²) in [5.41, 5.74) is 1.69. The first-order chi connectivity index (χ1) is 16.6. The Morgan fingerprint density at radius 1 is 1.14 bits per heavy atom. The highest BCUT2D eigenvalue weighted by molar-refractivity contribution is 7.07. The molecule has 1 aliphatic heterocycles. The molecule has 0 N–H and O–H groups in total. The number of allylic oxidation sites excluding steroid dienone is 1. The number of thiazole rings is 1. The Morgan fingerprint density at radius 3 is 2.40 bits per heavy atom. The van der Waals surface area contributed by atoms with Crippen molar-refractivity contribution in [2.24, 2.45) is 4.99 Å². The Morgan fingerprint density at radius 2 is 1.80 bits per heavy atom. The molecule has 182 valence electrons. The fourth-order valence-corrected chi connectivity index (χ4v) is 4.89. The molecule has 0 unspecified atom stereocenters. The van der Waals surface area contributed by atoms with Gasteiger partial charge in [-0.25, -0.2) is 9.79 Å². The molecule has 10 heteroatoms. The molecule has 2 heterocycles. The van der Waals surface area contributed by atoms with E-state index in [-0.39, 0.29) is 23.0 Å². The molecule has 1 atom stereocenters. The number of hydrogen-bond donors (Lipinski definition) is 0. The average Bonchev–Trinajstić information content (AvgIpc) is 3.08. The summed E-state index contributed by atoms with van der Waals surface area (Å²) in [6, 6.07) is 12.1. The summed E-state index contributed by atoms with van der Waals surface area (Å²) < 4.78 is 36.5. The largest absolute Gasteiger partial charge is 0.459 e. The van der Waals surface area contributed by atoms with Gasteiger partial charge in [-0.2, -0.15) is 8.78 Å². The minimum atomic E-state index is -2.92. The molecule has 0 aliphatic carbocycles. The molecule has 4 rings (SSSR count). The fraction of sp³-hybridized carbons (Fsp3) is 0.240. The van der Waals surface area contributed by atoms with Gasteiger partial charge >= 0.3 is 12.6 Å². The zero-order valence-corrected chi connectivity index (χ0v) is 20.6. The Balaban J connectivity index is 1.85. The molecule has 0 saturated carbocycles. The third-order valence-corrected chi connectivity index (χ3v) is 6.41. The van der Waals surface area contributed by atoms with E-state index < -0.39 is 18.6 Å². The lowest BCUT2D eigenvalue weighted by Gasteiger charge is -2.25. The molecular formula is C25H21ClF2N2O4S. The van der Waals surface area contributed by atoms with E-state index in [2.05, 4.69) is 9.73 Å². The lowest BCUT2D eigenvalue weighted by Crippen LogP contribution is -2.40. The van der Waals surface area contributed by atoms with Crippen LogP contribution in [0.3, 0.4) is 0 Å². The van der Waals surface area contributed by atoms with Crippen LogP contribution in [-0.2, 0) is 9.53 Å². The molecule has 6 nitrogen and oxygen atoms in total. The van der Waals surface area contributed by atoms with Crippen LogP contribution >= 0.6 is 22.9 Å². The molecule has 2 aromatic carbocycles. The number of aromatic nitrogens is 1. The fourth-order valence-electron chi connectivity index (χ4n) is 3.72. The molecule has 0 amide bonds. The van der Waals surface area contributed by atoms with Gasteiger partial charge in [0.05, 0.1) is 27.9 Å². The van der Waals surface area contributed by atoms with Gasteiger partial charge in [0.1, 0.15) is 5.75 Å². The van der Waals surface area contributed by atoms with E-state index in [9.17, 15) is 18.4 Å². The molecular weight excluding hydrogens is 498 g/mol. The molecule has 1 aliphatic rings. The second-order valence-corrected chi connectivity index (χ2v) is 9.48. The Bertz CT molecular complexity index is 1460. The predicted octanol–water partition coefficient (Wildman–Crippen LogP) is 4.44. The summed E-state index contributed by atoms with van der Waals surface area (Å²) in [5, 5.41) is 0.521. The van der Waals surface area contributed by atoms with E-state index in [1.54, 1.807) is 63.2 Å². The maximum Gasteiger partial charge on any atom is 0.387 e. The van der Waals surface area contributed by atoms with E-state index in [4.69, 9.17) is 16.3 Å². The first kappa shape index (κ1) is 24.8. The van der Waals surface area contributed by atoms with E-state index in [0.717, 1.165) is 0 Å². The second-order valence-electron chi connectivity index (χ2n) is 8.03. The SMILES string of the molecule is CC1=C(C(=O)OC(C)C)[C@H](c2ccc(Cl)cc2)n2c(s/c(=C/c3ccc(OC(F)F)cc3)c2=O)=N1. The average molecular weight is 519 g/mol. The number of carbonyl (C=O) groups is 1. The number of benzene rings is 2. The van der Waals surface area contributed by atoms with Crippen LogP contribution < -0.4 is 19.6 Å². The van der Waals surface area contributed by atoms with Crippen molar-refractivity contribution >= 4 is 35.0 Å². The summed E-state index contributed by atoms with van der Waals surface area (Å²) >= 11 is 7.24. The van der Waals surface area contributed by atoms with Crippen LogP contribution in [0.4, 0.5) is 8.78 Å². The van der Waals surface area contributed by atoms with Gasteiger partial charge < -0.3 is 9.47 Å². The van der Waals surface area contributed by atoms with E-state index >= 15 is 0 Å². The lowest BCUT2D eigenvalue weighted by molar-refractivity contribution is -0.143. The van der Waals surface area contributed by atoms with E-state index in [1.165, 1.54) is 28.0 Å². The van der Waals surface area contributed by atoms with Crippen LogP contribution in [0.5, 0.6) is 5.75 Å². The van der Waals surface area contributed by atoms with Crippen molar-refractivity contribution in [2.45, 2.75) is 39.5 Å². The van der Waals surface area contributed by atoms with Crippen LogP contribution in [0, 0.1) is 0 Å². The van der Waals surface area contributed by atoms with Gasteiger partial charge in [0.2, 0.25) is 0 Å². The second kappa shape index (κ2) is 10.1. The maximum absolute atomic E-state index is 13.5. The number of nitrogens with zero attached hydrogens (tertiary/aromatic N) is 2. The number of alkyl halides is 2. The van der Waals surface area contributed by atoms with Crippen molar-refractivity contribution in [1.29, 1.82) is 0 Å². The standard InChI is InChI=1S/C25H21ClF2N2O4S/c1-13(2)33-23(32)20-14(3)29-25-30(21(20)16-6-8-17(26)9-7-16)22(31)19(35-25)12-15-4-10-18(11-5-15)34-24(27)28/h4-13,21,24H,1-3H3/b19-12+/t21-/m0/s1. The van der Waals surface area contributed by atoms with Crippen LogP contribution in [-0.4, -0.2) is 23.3 Å². The van der Waals surface area contributed by atoms with Crippen molar-refractivity contribution in [3.05, 3.63) is 95.6 Å². The van der Waals surface area contributed by atoms with Crippen molar-refractivity contribution in [3.63, 3.8) is 0 Å². The zero-order chi connectivity index (χ0) is 25.3. The molecule has 0 saturated heterocycles. The first-order valence-corrected chi connectivity index (χ1v) is 11.9. The minimum absolute atomic E-state index is 0.0188. The summed E-state index contributed by atoms with van der Waals surface area (Å²) in [6.45, 7) is 2.28. The molecule has 35 heavy (non-hydrogen) atoms. The van der Waals surface area contributed by atoms with Crippen molar-refractivity contribution in [2.75, 3.05) is 0 Å². The Kier molecular flexibility index (Phi) is 7.18. The number of ether oxygens (including phenoxy) is 2. The van der Waals surface area contributed by atoms with E-state index in [0.29, 0.717) is 31.2 Å². The number of halogens is 3. The first-order valence-electron chi connectivity index (χ1n) is 10.7. The van der Waals surface area contributed by atoms with Crippen LogP contribution in [0.15, 0.2) is 69.6 Å². The van der Waals surface area contributed by atoms with Crippen LogP contribution in [0.2, 0.25) is 5.02 Å². The van der Waals surface area contributed by atoms with Crippen molar-refractivity contribution in [1.82, 2.24) is 4.57 Å². The summed E-state index contributed by atoms with van der Waals surface area (Å²) in [4.78, 5) is 31.5. The number of fused-ring (bicyclic) bond motifs is 1. The van der Waals surface area contributed by atoms with Gasteiger partial charge in [-0.1, -0.05) is 47.2 Å². The van der Waals surface area contributed by atoms with E-state index in [1.807, 2.05) is 0 Å². The number of hydrogen-bond acceptors (Lipinski definition) is 6. The summed E-state index contributed by atoms with van der Waals surface area (Å²) in [5.74, 6) is -0.532. The smallest absolute Gasteiger partial charge is 0.387 e. The van der Waals surface area contributed by atoms with Gasteiger partial charge in [-0.3, -0.25) is 9.36 Å². The topological polar surface area (TPSA) is 69.9 Å². The quantitative estimate of drug-likeness (QED) is 0.452. The number of esters is 1. The van der Waals surface area contributed by atoms with Gasteiger partial charge in [-0.05, 0) is 62.2 Å². The molecule has 1 aromatic heterocycles. The van der Waals surface area contributed by atoms with Gasteiger partial charge in [0.25, 0.3) is 5.56 Å². The molecule has 0 radical (unpaired) electrons. The third-order valence-electron chi connectivity index (χ3n) is 5.17. The number of rotatable bonds is 6.